The minimum absolute atomic E-state index is 0.195. The van der Waals surface area contributed by atoms with Crippen molar-refractivity contribution in [1.29, 1.82) is 0 Å². The maximum Gasteiger partial charge on any atom is 0.432 e. The second kappa shape index (κ2) is 10.8. The maximum atomic E-state index is 14.7. The van der Waals surface area contributed by atoms with Gasteiger partial charge in [0.1, 0.15) is 46.2 Å². The average molecular weight is 510 g/mol. The molecule has 0 bridgehead atoms. The van der Waals surface area contributed by atoms with Gasteiger partial charge in [0.15, 0.2) is 0 Å². The van der Waals surface area contributed by atoms with Crippen molar-refractivity contribution >= 4 is 6.08 Å². The summed E-state index contributed by atoms with van der Waals surface area (Å²) in [5.41, 5.74) is -1.95. The average Bonchev–Trinajstić information content (AvgIpc) is 2.77. The van der Waals surface area contributed by atoms with Crippen LogP contribution in [0, 0.1) is 30.2 Å². The molecule has 0 aromatic heterocycles. The molecule has 188 valence electrons. The van der Waals surface area contributed by atoms with Crippen molar-refractivity contribution in [3.05, 3.63) is 118 Å². The molecule has 0 unspecified atom stereocenters. The molecule has 0 N–H and O–H groups in total. The Labute approximate surface area is 201 Å². The van der Waals surface area contributed by atoms with E-state index in [-0.39, 0.29) is 16.7 Å². The predicted molar refractivity (Wildman–Crippen MR) is 121 cm³/mol. The third-order valence-electron chi connectivity index (χ3n) is 4.96. The Kier molecular flexibility index (Phi) is 8.02. The molecule has 0 amide bonds. The highest BCUT2D eigenvalue weighted by molar-refractivity contribution is 5.65. The number of rotatable bonds is 7. The largest absolute Gasteiger partial charge is 0.432 e. The molecular weight excluding hydrogens is 492 g/mol. The lowest BCUT2D eigenvalue weighted by molar-refractivity contribution is -0.189. The second-order valence-electron chi connectivity index (χ2n) is 7.64. The van der Waals surface area contributed by atoms with Gasteiger partial charge in [0.05, 0.1) is 0 Å². The Balaban J connectivity index is 1.86. The fourth-order valence-corrected chi connectivity index (χ4v) is 3.20. The van der Waals surface area contributed by atoms with Crippen LogP contribution in [0.2, 0.25) is 0 Å². The van der Waals surface area contributed by atoms with E-state index >= 15 is 0 Å². The van der Waals surface area contributed by atoms with Gasteiger partial charge < -0.3 is 4.74 Å². The number of alkyl halides is 2. The zero-order valence-electron chi connectivity index (χ0n) is 18.9. The standard InChI is InChI=1S/C27H18F8O/c1-3-18(28)13-19(29)7-5-16-6-8-20(14-22(16)30)36-27(34,35)26-24(32)11-17(12-25(26)33)21-9-4-15(2)10-23(21)31/h3-14H,1-2H3/b7-5+,18-3+,19-13+. The smallest absolute Gasteiger partial charge is 0.429 e. The topological polar surface area (TPSA) is 9.23 Å². The maximum absolute atomic E-state index is 14.7. The summed E-state index contributed by atoms with van der Waals surface area (Å²) < 4.78 is 118. The minimum atomic E-state index is -4.57. The molecule has 0 radical (unpaired) electrons. The summed E-state index contributed by atoms with van der Waals surface area (Å²) in [6.07, 6.45) is -1.34. The lowest BCUT2D eigenvalue weighted by atomic mass is 10.0. The molecule has 0 heterocycles. The Morgan fingerprint density at radius 3 is 2.06 bits per heavy atom. The highest BCUT2D eigenvalue weighted by Gasteiger charge is 2.41. The lowest BCUT2D eigenvalue weighted by Crippen LogP contribution is -2.25. The molecule has 0 atom stereocenters. The molecule has 36 heavy (non-hydrogen) atoms. The van der Waals surface area contributed by atoms with Crippen LogP contribution >= 0.6 is 0 Å². The highest BCUT2D eigenvalue weighted by Crippen LogP contribution is 2.38. The normalized spacial score (nSPS) is 12.9. The number of benzene rings is 3. The van der Waals surface area contributed by atoms with E-state index < -0.39 is 52.3 Å². The van der Waals surface area contributed by atoms with Crippen molar-refractivity contribution in [2.75, 3.05) is 0 Å². The van der Waals surface area contributed by atoms with Gasteiger partial charge in [0.2, 0.25) is 0 Å². The first-order valence-corrected chi connectivity index (χ1v) is 10.4. The molecule has 0 aliphatic heterocycles. The quantitative estimate of drug-likeness (QED) is 0.228. The predicted octanol–water partition coefficient (Wildman–Crippen LogP) is 9.09. The van der Waals surface area contributed by atoms with E-state index in [2.05, 4.69) is 4.74 Å². The third kappa shape index (κ3) is 6.21. The van der Waals surface area contributed by atoms with E-state index in [0.717, 1.165) is 36.4 Å². The van der Waals surface area contributed by atoms with Crippen molar-refractivity contribution in [3.63, 3.8) is 0 Å². The van der Waals surface area contributed by atoms with E-state index in [9.17, 15) is 35.1 Å². The molecule has 0 aliphatic rings. The van der Waals surface area contributed by atoms with E-state index in [1.54, 1.807) is 6.92 Å². The molecule has 0 spiro atoms. The molecule has 0 fully saturated rings. The summed E-state index contributed by atoms with van der Waals surface area (Å²) in [6.45, 7) is 2.94. The van der Waals surface area contributed by atoms with Crippen LogP contribution in [0.4, 0.5) is 35.1 Å². The lowest BCUT2D eigenvalue weighted by Gasteiger charge is -2.20. The summed E-state index contributed by atoms with van der Waals surface area (Å²) in [5, 5.41) is 0. The Morgan fingerprint density at radius 1 is 0.806 bits per heavy atom. The van der Waals surface area contributed by atoms with Crippen LogP contribution in [-0.4, -0.2) is 0 Å². The molecule has 1 nitrogen and oxygen atoms in total. The summed E-state index contributed by atoms with van der Waals surface area (Å²) in [7, 11) is 0. The first kappa shape index (κ1) is 26.7. The minimum Gasteiger partial charge on any atom is -0.429 e. The third-order valence-corrected chi connectivity index (χ3v) is 4.96. The van der Waals surface area contributed by atoms with Crippen LogP contribution in [0.15, 0.2) is 78.4 Å². The summed E-state index contributed by atoms with van der Waals surface area (Å²) in [5.74, 6) is -7.99. The molecule has 0 aliphatic carbocycles. The van der Waals surface area contributed by atoms with Crippen LogP contribution in [0.5, 0.6) is 5.75 Å². The first-order chi connectivity index (χ1) is 16.9. The highest BCUT2D eigenvalue weighted by atomic mass is 19.3. The zero-order valence-corrected chi connectivity index (χ0v) is 18.9. The van der Waals surface area contributed by atoms with Crippen LogP contribution in [0.25, 0.3) is 17.2 Å². The molecule has 3 aromatic rings. The number of ether oxygens (including phenoxy) is 1. The van der Waals surface area contributed by atoms with Gasteiger partial charge in [-0.25, -0.2) is 26.3 Å². The molecule has 9 heteroatoms. The van der Waals surface area contributed by atoms with Crippen molar-refractivity contribution < 1.29 is 39.9 Å². The van der Waals surface area contributed by atoms with Crippen LogP contribution in [0.1, 0.15) is 23.6 Å². The van der Waals surface area contributed by atoms with E-state index in [1.807, 2.05) is 0 Å². The van der Waals surface area contributed by atoms with Gasteiger partial charge in [-0.05, 0) is 67.5 Å². The van der Waals surface area contributed by atoms with Crippen molar-refractivity contribution in [1.82, 2.24) is 0 Å². The number of allylic oxidation sites excluding steroid dienone is 5. The van der Waals surface area contributed by atoms with Crippen molar-refractivity contribution in [3.8, 4) is 16.9 Å². The van der Waals surface area contributed by atoms with Gasteiger partial charge in [-0.3, -0.25) is 0 Å². The summed E-state index contributed by atoms with van der Waals surface area (Å²) >= 11 is 0. The Hall–Kier alpha value is -3.88. The number of hydrogen-bond donors (Lipinski definition) is 0. The van der Waals surface area contributed by atoms with Crippen LogP contribution in [0.3, 0.4) is 0 Å². The van der Waals surface area contributed by atoms with E-state index in [0.29, 0.717) is 29.8 Å². The van der Waals surface area contributed by atoms with E-state index in [4.69, 9.17) is 0 Å². The molecule has 3 rings (SSSR count). The van der Waals surface area contributed by atoms with Gasteiger partial charge in [-0.2, -0.15) is 8.78 Å². The van der Waals surface area contributed by atoms with Gasteiger partial charge in [0, 0.05) is 23.3 Å². The summed E-state index contributed by atoms with van der Waals surface area (Å²) in [6, 6.07) is 7.27. The second-order valence-corrected chi connectivity index (χ2v) is 7.64. The Morgan fingerprint density at radius 2 is 1.47 bits per heavy atom. The van der Waals surface area contributed by atoms with Gasteiger partial charge in [0.25, 0.3) is 0 Å². The zero-order chi connectivity index (χ0) is 26.6. The molecule has 3 aromatic carbocycles. The first-order valence-electron chi connectivity index (χ1n) is 10.4. The Bertz CT molecular complexity index is 1350. The van der Waals surface area contributed by atoms with Crippen LogP contribution in [-0.2, 0) is 6.11 Å². The molecular formula is C27H18F8O. The van der Waals surface area contributed by atoms with Crippen molar-refractivity contribution in [2.45, 2.75) is 20.0 Å². The van der Waals surface area contributed by atoms with Crippen LogP contribution < -0.4 is 4.74 Å². The summed E-state index contributed by atoms with van der Waals surface area (Å²) in [4.78, 5) is 0. The monoisotopic (exact) mass is 510 g/mol. The number of aryl methyl sites for hydroxylation is 1. The SMILES string of the molecule is C\C=C(F)/C=C(F)\C=C\c1ccc(OC(F)(F)c2c(F)cc(-c3ccc(C)cc3F)cc2F)cc1F. The number of halogens is 8. The van der Waals surface area contributed by atoms with Gasteiger partial charge in [-0.15, -0.1) is 0 Å². The van der Waals surface area contributed by atoms with Gasteiger partial charge >= 0.3 is 6.11 Å². The number of hydrogen-bond acceptors (Lipinski definition) is 1. The molecule has 0 saturated carbocycles. The van der Waals surface area contributed by atoms with Gasteiger partial charge in [-0.1, -0.05) is 18.2 Å². The van der Waals surface area contributed by atoms with E-state index in [1.165, 1.54) is 19.1 Å². The fraction of sp³-hybridized carbons (Fsp3) is 0.111. The van der Waals surface area contributed by atoms with Crippen molar-refractivity contribution in [2.24, 2.45) is 0 Å². The molecule has 0 saturated heterocycles. The fourth-order valence-electron chi connectivity index (χ4n) is 3.20.